The molecule has 2 aliphatic rings. The Kier molecular flexibility index (Phi) is 20.8. The van der Waals surface area contributed by atoms with Crippen LogP contribution in [0.4, 0.5) is 0 Å². The zero-order chi connectivity index (χ0) is 60.7. The average molecular weight is 1200 g/mol. The lowest BCUT2D eigenvalue weighted by atomic mass is 9.85. The molecule has 0 spiro atoms. The van der Waals surface area contributed by atoms with E-state index in [0.29, 0.717) is 42.1 Å². The van der Waals surface area contributed by atoms with Crippen molar-refractivity contribution in [2.45, 2.75) is 142 Å². The summed E-state index contributed by atoms with van der Waals surface area (Å²) in [5.74, 6) is -3.77. The lowest BCUT2D eigenvalue weighted by Gasteiger charge is -2.35. The molecule has 446 valence electrons. The highest BCUT2D eigenvalue weighted by molar-refractivity contribution is 7.70. The molecule has 0 saturated carbocycles. The molecule has 4 heterocycles. The first-order chi connectivity index (χ1) is 39.1. The third-order valence-corrected chi connectivity index (χ3v) is 17.1. The van der Waals surface area contributed by atoms with Crippen molar-refractivity contribution in [1.82, 2.24) is 41.0 Å². The number of primary amides is 1. The highest BCUT2D eigenvalue weighted by Crippen LogP contribution is 2.40. The molecule has 3 aromatic carbocycles. The predicted molar refractivity (Wildman–Crippen MR) is 312 cm³/mol. The Labute approximate surface area is 490 Å². The maximum Gasteiger partial charge on any atom is 0.396 e. The van der Waals surface area contributed by atoms with Crippen LogP contribution < -0.4 is 31.7 Å². The van der Waals surface area contributed by atoms with Gasteiger partial charge < -0.3 is 61.4 Å². The summed E-state index contributed by atoms with van der Waals surface area (Å²) in [7, 11) is -5.06. The number of aliphatic hydroxyl groups is 1. The number of nitrogens with two attached hydrogens (primary N) is 1. The number of aryl methyl sites for hydroxylation is 2. The summed E-state index contributed by atoms with van der Waals surface area (Å²) in [4.78, 5) is 137. The van der Waals surface area contributed by atoms with Crippen LogP contribution in [0.25, 0.3) is 21.3 Å². The fourth-order valence-electron chi connectivity index (χ4n) is 10.3. The zero-order valence-electron chi connectivity index (χ0n) is 47.4. The molecule has 2 aromatic heterocycles. The molecular formula is C58H73ClN9O13PS. The summed E-state index contributed by atoms with van der Waals surface area (Å²) in [6.45, 7) is 12.7. The van der Waals surface area contributed by atoms with E-state index in [1.807, 2.05) is 58.9 Å². The van der Waals surface area contributed by atoms with Crippen molar-refractivity contribution >= 4 is 88.3 Å². The van der Waals surface area contributed by atoms with E-state index < -0.39 is 108 Å². The van der Waals surface area contributed by atoms with Gasteiger partial charge in [0.1, 0.15) is 42.2 Å². The average Bonchev–Trinajstić information content (AvgIpc) is 4.50. The number of fused-ring (bicyclic) bond motifs is 1. The fraction of sp³-hybridized carbons (Fsp3) is 0.466. The SMILES string of the molecule is Cc1ncsc1-c1ccc([C@H](C)NC(=O)[C@@H]2C[C@@H](O)CN2C(=O)[C@@H](NC(=O)CCCc2cccc(OC[C@H](CCC(N)=O)NC(=O)[C@@H]3CCCN3C(=O)[C@@H](NC(=O)c3cc4cc(C(=O)P(=O)(O)O)ccc4[nH]3)C(C)C)c2Cl)C(C)(C)C)cc1. The van der Waals surface area contributed by atoms with Crippen LogP contribution in [0.5, 0.6) is 5.75 Å². The number of likely N-dealkylation sites (tertiary alicyclic amines) is 2. The van der Waals surface area contributed by atoms with Gasteiger partial charge >= 0.3 is 7.60 Å². The van der Waals surface area contributed by atoms with Gasteiger partial charge in [0.15, 0.2) is 0 Å². The summed E-state index contributed by atoms with van der Waals surface area (Å²) in [6.07, 6.45) is 0.551. The van der Waals surface area contributed by atoms with Crippen molar-refractivity contribution in [3.8, 4) is 16.2 Å². The third-order valence-electron chi connectivity index (χ3n) is 14.9. The van der Waals surface area contributed by atoms with Crippen molar-refractivity contribution in [3.63, 3.8) is 0 Å². The van der Waals surface area contributed by atoms with E-state index in [1.165, 1.54) is 34.1 Å². The number of thiazole rings is 1. The number of rotatable bonds is 24. The van der Waals surface area contributed by atoms with Crippen molar-refractivity contribution in [3.05, 3.63) is 105 Å². The topological polar surface area (TPSA) is 333 Å². The van der Waals surface area contributed by atoms with Crippen LogP contribution in [0, 0.1) is 18.3 Å². The molecule has 2 saturated heterocycles. The molecule has 83 heavy (non-hydrogen) atoms. The minimum atomic E-state index is -5.06. The lowest BCUT2D eigenvalue weighted by molar-refractivity contribution is -0.144. The van der Waals surface area contributed by atoms with Gasteiger partial charge in [-0.15, -0.1) is 11.3 Å². The smallest absolute Gasteiger partial charge is 0.396 e. The third kappa shape index (κ3) is 16.0. The molecule has 0 bridgehead atoms. The first kappa shape index (κ1) is 63.6. The largest absolute Gasteiger partial charge is 0.490 e. The number of carbonyl (C=O) groups excluding carboxylic acids is 8. The second kappa shape index (κ2) is 27.1. The van der Waals surface area contributed by atoms with Crippen LogP contribution in [0.2, 0.25) is 5.02 Å². The van der Waals surface area contributed by atoms with E-state index in [2.05, 4.69) is 31.2 Å². The second-order valence-electron chi connectivity index (χ2n) is 22.7. The van der Waals surface area contributed by atoms with Crippen LogP contribution in [0.15, 0.2) is 72.2 Å². The molecular weight excluding hydrogens is 1130 g/mol. The van der Waals surface area contributed by atoms with Gasteiger partial charge in [0.25, 0.3) is 11.4 Å². The monoisotopic (exact) mass is 1200 g/mol. The predicted octanol–water partition coefficient (Wildman–Crippen LogP) is 5.84. The van der Waals surface area contributed by atoms with E-state index in [9.17, 15) is 57.8 Å². The number of H-pyrrole nitrogens is 1. The van der Waals surface area contributed by atoms with E-state index in [-0.39, 0.29) is 67.4 Å². The normalized spacial score (nSPS) is 17.9. The van der Waals surface area contributed by atoms with Crippen LogP contribution in [0.1, 0.15) is 130 Å². The standard InChI is InChI=1S/C58H73ClN9O13PS/c1-31(2)49(66-52(72)42-26-38-25-37(20-22-41(38)64-42)57(77)82(78,79)80)55(75)67-24-10-13-43(67)53(73)63-39(21-23-46(60)70)29-81-45-14-8-11-35(48(45)59)12-9-15-47(71)65-51(58(5,6)7)56(76)68-28-40(69)27-44(68)54(74)62-32(3)34-16-18-36(19-17-34)50-33(4)61-30-83-50/h8,11,14,16-20,22,25-26,30-32,39-40,43-44,49,51,64,69H,9-10,12-13,15,21,23-24,27-29H2,1-7H3,(H2,60,70)(H,62,74)(H,63,73)(H,65,71)(H,66,72)(H2,78,79,80)/t32-,39-,40+,43-,44-,49-,51+/m0/s1. The van der Waals surface area contributed by atoms with Gasteiger partial charge in [-0.3, -0.25) is 42.9 Å². The first-order valence-corrected chi connectivity index (χ1v) is 30.4. The van der Waals surface area contributed by atoms with E-state index in [4.69, 9.17) is 22.1 Å². The maximum atomic E-state index is 14.3. The Morgan fingerprint density at radius 3 is 2.27 bits per heavy atom. The van der Waals surface area contributed by atoms with Gasteiger partial charge in [-0.05, 0) is 104 Å². The van der Waals surface area contributed by atoms with Crippen LogP contribution in [-0.2, 0) is 39.8 Å². The van der Waals surface area contributed by atoms with Crippen LogP contribution in [-0.4, -0.2) is 138 Å². The number of halogens is 1. The van der Waals surface area contributed by atoms with E-state index in [1.54, 1.807) is 48.9 Å². The van der Waals surface area contributed by atoms with Gasteiger partial charge in [0.2, 0.25) is 35.4 Å². The number of aromatic amines is 1. The minimum absolute atomic E-state index is 0.0134. The number of aromatic nitrogens is 2. The van der Waals surface area contributed by atoms with Crippen molar-refractivity contribution < 1.29 is 62.6 Å². The summed E-state index contributed by atoms with van der Waals surface area (Å²) < 4.78 is 17.7. The second-order valence-corrected chi connectivity index (χ2v) is 25.4. The number of nitrogens with zero attached hydrogens (tertiary/aromatic N) is 3. The minimum Gasteiger partial charge on any atom is -0.490 e. The number of carbonyl (C=O) groups is 8. The number of aliphatic hydroxyl groups excluding tert-OH is 1. The van der Waals surface area contributed by atoms with Crippen molar-refractivity contribution in [1.29, 1.82) is 0 Å². The highest BCUT2D eigenvalue weighted by Gasteiger charge is 2.45. The number of ether oxygens (including phenoxy) is 1. The summed E-state index contributed by atoms with van der Waals surface area (Å²) in [5, 5.41) is 22.9. The van der Waals surface area contributed by atoms with Crippen LogP contribution >= 0.6 is 30.5 Å². The Hall–Kier alpha value is -7.01. The number of β-amino-alcohol motifs (C(OH)–C–C–N with tert-alkyl or cyclic N) is 1. The Morgan fingerprint density at radius 2 is 1.61 bits per heavy atom. The molecule has 7 amide bonds. The lowest BCUT2D eigenvalue weighted by Crippen LogP contribution is -2.57. The molecule has 5 aromatic rings. The molecule has 7 atom stereocenters. The van der Waals surface area contributed by atoms with Crippen LogP contribution in [0.3, 0.4) is 0 Å². The first-order valence-electron chi connectivity index (χ1n) is 27.5. The van der Waals surface area contributed by atoms with E-state index >= 15 is 0 Å². The van der Waals surface area contributed by atoms with Crippen molar-refractivity contribution in [2.75, 3.05) is 19.7 Å². The van der Waals surface area contributed by atoms with Crippen molar-refractivity contribution in [2.24, 2.45) is 17.1 Å². The van der Waals surface area contributed by atoms with Gasteiger partial charge in [-0.25, -0.2) is 4.98 Å². The molecule has 0 radical (unpaired) electrons. The highest BCUT2D eigenvalue weighted by atomic mass is 35.5. The molecule has 2 aliphatic heterocycles. The molecule has 10 N–H and O–H groups in total. The number of hydrogen-bond donors (Lipinski definition) is 9. The zero-order valence-corrected chi connectivity index (χ0v) is 49.9. The summed E-state index contributed by atoms with van der Waals surface area (Å²) >= 11 is 8.43. The Morgan fingerprint density at radius 1 is 0.904 bits per heavy atom. The maximum absolute atomic E-state index is 14.3. The number of benzene rings is 3. The molecule has 0 aliphatic carbocycles. The number of hydrogen-bond acceptors (Lipinski definition) is 13. The number of nitrogens with one attached hydrogen (secondary N) is 5. The molecule has 25 heteroatoms. The van der Waals surface area contributed by atoms with Gasteiger partial charge in [0.05, 0.1) is 39.3 Å². The molecule has 7 rings (SSSR count). The quantitative estimate of drug-likeness (QED) is 0.0328. The summed E-state index contributed by atoms with van der Waals surface area (Å²) in [6, 6.07) is 13.0. The molecule has 22 nitrogen and oxygen atoms in total. The van der Waals surface area contributed by atoms with E-state index in [0.717, 1.165) is 21.7 Å². The Balaban J connectivity index is 0.925. The van der Waals surface area contributed by atoms with Gasteiger partial charge in [-0.1, -0.05) is 82.6 Å². The molecule has 2 fully saturated rings. The Bertz CT molecular complexity index is 3280. The van der Waals surface area contributed by atoms with Gasteiger partial charge in [-0.2, -0.15) is 0 Å². The number of amides is 7. The summed E-state index contributed by atoms with van der Waals surface area (Å²) in [5.41, 5.74) is 8.81. The fourth-order valence-corrected chi connectivity index (χ4v) is 11.9. The molecule has 0 unspecified atom stereocenters. The van der Waals surface area contributed by atoms with Gasteiger partial charge in [0, 0.05) is 48.8 Å².